The minimum absolute atomic E-state index is 0.235. The van der Waals surface area contributed by atoms with Crippen molar-refractivity contribution in [2.75, 3.05) is 13.1 Å². The number of carbonyl (C=O) groups is 1. The molecule has 146 valence electrons. The van der Waals surface area contributed by atoms with E-state index in [1.165, 1.54) is 44.1 Å². The number of primary amides is 1. The number of benzene rings is 1. The van der Waals surface area contributed by atoms with Gasteiger partial charge in [-0.05, 0) is 55.8 Å². The predicted octanol–water partition coefficient (Wildman–Crippen LogP) is 4.47. The molecular weight excluding hydrogens is 338 g/mol. The van der Waals surface area contributed by atoms with Gasteiger partial charge in [0.05, 0.1) is 0 Å². The van der Waals surface area contributed by atoms with Crippen molar-refractivity contribution in [3.8, 4) is 11.6 Å². The van der Waals surface area contributed by atoms with Gasteiger partial charge in [0.1, 0.15) is 11.3 Å². The summed E-state index contributed by atoms with van der Waals surface area (Å²) in [5, 5.41) is 3.51. The van der Waals surface area contributed by atoms with Crippen LogP contribution >= 0.6 is 0 Å². The van der Waals surface area contributed by atoms with E-state index >= 15 is 0 Å². The number of hydrogen-bond donors (Lipinski definition) is 2. The molecule has 5 heteroatoms. The summed E-state index contributed by atoms with van der Waals surface area (Å²) >= 11 is 0. The lowest BCUT2D eigenvalue weighted by Crippen LogP contribution is -2.18. The molecule has 2 rings (SSSR count). The van der Waals surface area contributed by atoms with Crippen LogP contribution < -0.4 is 15.8 Å². The Morgan fingerprint density at radius 2 is 1.78 bits per heavy atom. The summed E-state index contributed by atoms with van der Waals surface area (Å²) in [7, 11) is 0. The molecule has 2 aromatic rings. The largest absolute Gasteiger partial charge is 0.438 e. The molecule has 5 nitrogen and oxygen atoms in total. The summed E-state index contributed by atoms with van der Waals surface area (Å²) in [4.78, 5) is 15.5. The van der Waals surface area contributed by atoms with E-state index in [9.17, 15) is 4.79 Å². The fourth-order valence-electron chi connectivity index (χ4n) is 2.88. The quantitative estimate of drug-likeness (QED) is 0.511. The first kappa shape index (κ1) is 20.9. The van der Waals surface area contributed by atoms with Gasteiger partial charge in [0.25, 0.3) is 5.91 Å². The molecule has 0 bridgehead atoms. The highest BCUT2D eigenvalue weighted by molar-refractivity contribution is 5.95. The number of rotatable bonds is 13. The van der Waals surface area contributed by atoms with Crippen LogP contribution in [0, 0.1) is 0 Å². The van der Waals surface area contributed by atoms with Gasteiger partial charge < -0.3 is 15.8 Å². The van der Waals surface area contributed by atoms with Gasteiger partial charge in [0.2, 0.25) is 5.88 Å². The van der Waals surface area contributed by atoms with E-state index in [1.807, 2.05) is 24.3 Å². The molecule has 0 atom stereocenters. The highest BCUT2D eigenvalue weighted by Crippen LogP contribution is 2.23. The lowest BCUT2D eigenvalue weighted by atomic mass is 10.1. The van der Waals surface area contributed by atoms with Gasteiger partial charge in [-0.15, -0.1) is 0 Å². The number of nitrogens with one attached hydrogen (secondary N) is 1. The molecular formula is C22H31N3O2. The SMILES string of the molecule is CCCCCCCCNCCc1ccc(Oc2ncccc2C(N)=O)cc1. The highest BCUT2D eigenvalue weighted by Gasteiger charge is 2.10. The summed E-state index contributed by atoms with van der Waals surface area (Å²) in [5.41, 5.74) is 6.87. The zero-order chi connectivity index (χ0) is 19.3. The Labute approximate surface area is 162 Å². The Morgan fingerprint density at radius 1 is 1.04 bits per heavy atom. The molecule has 0 radical (unpaired) electrons. The molecule has 1 aromatic carbocycles. The molecule has 1 heterocycles. The maximum absolute atomic E-state index is 11.4. The third kappa shape index (κ3) is 7.79. The molecule has 0 saturated heterocycles. The van der Waals surface area contributed by atoms with Crippen LogP contribution in [0.5, 0.6) is 11.6 Å². The van der Waals surface area contributed by atoms with E-state index in [4.69, 9.17) is 10.5 Å². The number of unbranched alkanes of at least 4 members (excludes halogenated alkanes) is 5. The number of amides is 1. The van der Waals surface area contributed by atoms with E-state index in [0.717, 1.165) is 19.5 Å². The summed E-state index contributed by atoms with van der Waals surface area (Å²) in [6.45, 7) is 4.31. The average Bonchev–Trinajstić information content (AvgIpc) is 2.68. The zero-order valence-corrected chi connectivity index (χ0v) is 16.2. The second-order valence-corrected chi connectivity index (χ2v) is 6.73. The molecule has 0 aliphatic rings. The first-order valence-corrected chi connectivity index (χ1v) is 9.93. The van der Waals surface area contributed by atoms with Crippen molar-refractivity contribution in [2.45, 2.75) is 51.9 Å². The Kier molecular flexibility index (Phi) is 9.35. The van der Waals surface area contributed by atoms with Crippen molar-refractivity contribution < 1.29 is 9.53 Å². The molecule has 1 aromatic heterocycles. The molecule has 3 N–H and O–H groups in total. The fourth-order valence-corrected chi connectivity index (χ4v) is 2.88. The van der Waals surface area contributed by atoms with Crippen molar-refractivity contribution >= 4 is 5.91 Å². The van der Waals surface area contributed by atoms with E-state index < -0.39 is 5.91 Å². The van der Waals surface area contributed by atoms with Crippen molar-refractivity contribution in [1.29, 1.82) is 0 Å². The van der Waals surface area contributed by atoms with E-state index in [0.29, 0.717) is 5.75 Å². The second-order valence-electron chi connectivity index (χ2n) is 6.73. The third-order valence-corrected chi connectivity index (χ3v) is 4.47. The lowest BCUT2D eigenvalue weighted by molar-refractivity contribution is 0.0997. The van der Waals surface area contributed by atoms with Crippen LogP contribution in [0.3, 0.4) is 0 Å². The predicted molar refractivity (Wildman–Crippen MR) is 109 cm³/mol. The van der Waals surface area contributed by atoms with Gasteiger partial charge in [0, 0.05) is 6.20 Å². The van der Waals surface area contributed by atoms with Gasteiger partial charge in [0.15, 0.2) is 0 Å². The van der Waals surface area contributed by atoms with E-state index in [-0.39, 0.29) is 11.4 Å². The van der Waals surface area contributed by atoms with Gasteiger partial charge in [-0.1, -0.05) is 51.2 Å². The molecule has 0 aliphatic carbocycles. The molecule has 1 amide bonds. The van der Waals surface area contributed by atoms with Crippen LogP contribution in [-0.4, -0.2) is 24.0 Å². The zero-order valence-electron chi connectivity index (χ0n) is 16.2. The minimum Gasteiger partial charge on any atom is -0.438 e. The van der Waals surface area contributed by atoms with Gasteiger partial charge in [-0.2, -0.15) is 0 Å². The molecule has 0 saturated carbocycles. The minimum atomic E-state index is -0.550. The number of pyridine rings is 1. The van der Waals surface area contributed by atoms with Gasteiger partial charge >= 0.3 is 0 Å². The van der Waals surface area contributed by atoms with Crippen molar-refractivity contribution in [1.82, 2.24) is 10.3 Å². The van der Waals surface area contributed by atoms with Crippen molar-refractivity contribution in [3.05, 3.63) is 53.7 Å². The van der Waals surface area contributed by atoms with Crippen LogP contribution in [0.25, 0.3) is 0 Å². The molecule has 0 unspecified atom stereocenters. The first-order valence-electron chi connectivity index (χ1n) is 9.93. The number of nitrogens with zero attached hydrogens (tertiary/aromatic N) is 1. The van der Waals surface area contributed by atoms with Crippen molar-refractivity contribution in [2.24, 2.45) is 5.73 Å². The van der Waals surface area contributed by atoms with E-state index in [2.05, 4.69) is 17.2 Å². The van der Waals surface area contributed by atoms with Crippen molar-refractivity contribution in [3.63, 3.8) is 0 Å². The number of aromatic nitrogens is 1. The topological polar surface area (TPSA) is 77.2 Å². The molecule has 0 spiro atoms. The number of carbonyl (C=O) groups excluding carboxylic acids is 1. The molecule has 27 heavy (non-hydrogen) atoms. The van der Waals surface area contributed by atoms with E-state index in [1.54, 1.807) is 18.3 Å². The van der Waals surface area contributed by atoms with Gasteiger partial charge in [-0.3, -0.25) is 4.79 Å². The fraction of sp³-hybridized carbons (Fsp3) is 0.455. The van der Waals surface area contributed by atoms with Crippen LogP contribution in [0.4, 0.5) is 0 Å². The summed E-state index contributed by atoms with van der Waals surface area (Å²) in [5.74, 6) is 0.324. The van der Waals surface area contributed by atoms with Gasteiger partial charge in [-0.25, -0.2) is 4.98 Å². The Balaban J connectivity index is 1.69. The average molecular weight is 370 g/mol. The smallest absolute Gasteiger partial charge is 0.254 e. The third-order valence-electron chi connectivity index (χ3n) is 4.47. The Morgan fingerprint density at radius 3 is 2.52 bits per heavy atom. The number of ether oxygens (including phenoxy) is 1. The summed E-state index contributed by atoms with van der Waals surface area (Å²) < 4.78 is 5.70. The van der Waals surface area contributed by atoms with Crippen LogP contribution in [-0.2, 0) is 6.42 Å². The lowest BCUT2D eigenvalue weighted by Gasteiger charge is -2.09. The summed E-state index contributed by atoms with van der Waals surface area (Å²) in [6.07, 6.45) is 10.5. The normalized spacial score (nSPS) is 10.7. The maximum atomic E-state index is 11.4. The van der Waals surface area contributed by atoms with Crippen LogP contribution in [0.15, 0.2) is 42.6 Å². The molecule has 0 fully saturated rings. The number of hydrogen-bond acceptors (Lipinski definition) is 4. The number of nitrogens with two attached hydrogens (primary N) is 1. The Bertz CT molecular complexity index is 686. The maximum Gasteiger partial charge on any atom is 0.254 e. The van der Waals surface area contributed by atoms with Crippen LogP contribution in [0.1, 0.15) is 61.4 Å². The highest BCUT2D eigenvalue weighted by atomic mass is 16.5. The standard InChI is InChI=1S/C22H31N3O2/c1-2-3-4-5-6-7-15-24-17-14-18-10-12-19(13-11-18)27-22-20(21(23)26)9-8-16-25-22/h8-13,16,24H,2-7,14-15,17H2,1H3,(H2,23,26). The van der Waals surface area contributed by atoms with Crippen LogP contribution in [0.2, 0.25) is 0 Å². The Hall–Kier alpha value is -2.40. The first-order chi connectivity index (χ1) is 13.2. The summed E-state index contributed by atoms with van der Waals surface area (Å²) in [6, 6.07) is 11.1. The molecule has 0 aliphatic heterocycles. The second kappa shape index (κ2) is 12.1. The monoisotopic (exact) mass is 369 g/mol.